The summed E-state index contributed by atoms with van der Waals surface area (Å²) in [4.78, 5) is 6.92. The van der Waals surface area contributed by atoms with E-state index in [-0.39, 0.29) is 12.4 Å². The molecule has 0 bridgehead atoms. The summed E-state index contributed by atoms with van der Waals surface area (Å²) in [5.74, 6) is 0.800. The molecule has 10 heteroatoms. The lowest BCUT2D eigenvalue weighted by Crippen LogP contribution is -2.23. The van der Waals surface area contributed by atoms with Crippen LogP contribution in [0.5, 0.6) is 0 Å². The van der Waals surface area contributed by atoms with Crippen LogP contribution in [-0.4, -0.2) is 35.6 Å². The minimum atomic E-state index is -4.73. The fraction of sp³-hybridized carbons (Fsp3) is 0.381. The SMILES string of the molecule is C=C/C(=C\C=C(/C)OC(F)(F)F)OCCn1c(N2CCCC2)nc2c(Cl)cc(N)cc21. The van der Waals surface area contributed by atoms with Crippen LogP contribution in [-0.2, 0) is 16.0 Å². The van der Waals surface area contributed by atoms with Gasteiger partial charge < -0.3 is 24.7 Å². The summed E-state index contributed by atoms with van der Waals surface area (Å²) in [6, 6.07) is 3.49. The molecule has 168 valence electrons. The Labute approximate surface area is 183 Å². The van der Waals surface area contributed by atoms with E-state index in [4.69, 9.17) is 27.1 Å². The Balaban J connectivity index is 1.78. The summed E-state index contributed by atoms with van der Waals surface area (Å²) in [7, 11) is 0. The average Bonchev–Trinajstić information content (AvgIpc) is 3.31. The number of aromatic nitrogens is 2. The molecule has 2 aromatic rings. The van der Waals surface area contributed by atoms with Gasteiger partial charge in [-0.1, -0.05) is 18.2 Å². The third-order valence-electron chi connectivity index (χ3n) is 4.74. The number of allylic oxidation sites excluding steroid dienone is 4. The van der Waals surface area contributed by atoms with Crippen molar-refractivity contribution >= 4 is 34.3 Å². The lowest BCUT2D eigenvalue weighted by Gasteiger charge is -2.19. The van der Waals surface area contributed by atoms with E-state index in [1.165, 1.54) is 25.2 Å². The Hall–Kier alpha value is -2.81. The maximum Gasteiger partial charge on any atom is 0.572 e. The van der Waals surface area contributed by atoms with Crippen molar-refractivity contribution in [3.05, 3.63) is 53.5 Å². The number of ether oxygens (including phenoxy) is 2. The van der Waals surface area contributed by atoms with E-state index in [1.807, 2.05) is 10.6 Å². The average molecular weight is 457 g/mol. The molecule has 0 radical (unpaired) electrons. The van der Waals surface area contributed by atoms with Crippen molar-refractivity contribution in [2.75, 3.05) is 30.3 Å². The number of nitrogen functional groups attached to an aromatic ring is 1. The zero-order chi connectivity index (χ0) is 22.6. The first-order valence-corrected chi connectivity index (χ1v) is 10.2. The van der Waals surface area contributed by atoms with Crippen molar-refractivity contribution in [1.82, 2.24) is 9.55 Å². The summed E-state index contributed by atoms with van der Waals surface area (Å²) in [6.07, 6.45) is 1.40. The minimum absolute atomic E-state index is 0.240. The molecule has 6 nitrogen and oxygen atoms in total. The van der Waals surface area contributed by atoms with Crippen LogP contribution in [0.4, 0.5) is 24.8 Å². The van der Waals surface area contributed by atoms with E-state index in [1.54, 1.807) is 6.07 Å². The van der Waals surface area contributed by atoms with Crippen LogP contribution in [0, 0.1) is 0 Å². The number of hydrogen-bond donors (Lipinski definition) is 1. The minimum Gasteiger partial charge on any atom is -0.492 e. The number of imidazole rings is 1. The summed E-state index contributed by atoms with van der Waals surface area (Å²) >= 11 is 6.35. The number of nitrogens with zero attached hydrogens (tertiary/aromatic N) is 3. The molecular formula is C21H24ClF3N4O2. The van der Waals surface area contributed by atoms with Crippen LogP contribution in [0.25, 0.3) is 11.0 Å². The van der Waals surface area contributed by atoms with Gasteiger partial charge in [-0.25, -0.2) is 4.98 Å². The highest BCUT2D eigenvalue weighted by atomic mass is 35.5. The molecule has 0 aliphatic carbocycles. The van der Waals surface area contributed by atoms with Crippen molar-refractivity contribution < 1.29 is 22.6 Å². The number of halogens is 4. The fourth-order valence-electron chi connectivity index (χ4n) is 3.41. The van der Waals surface area contributed by atoms with Gasteiger partial charge in [-0.2, -0.15) is 0 Å². The van der Waals surface area contributed by atoms with Gasteiger partial charge >= 0.3 is 6.36 Å². The van der Waals surface area contributed by atoms with E-state index in [9.17, 15) is 13.2 Å². The maximum atomic E-state index is 12.3. The molecule has 1 aliphatic rings. The summed E-state index contributed by atoms with van der Waals surface area (Å²) in [5, 5.41) is 0.479. The summed E-state index contributed by atoms with van der Waals surface area (Å²) in [6.45, 7) is 7.32. The normalized spacial score (nSPS) is 15.6. The molecule has 0 amide bonds. The number of anilines is 2. The highest BCUT2D eigenvalue weighted by molar-refractivity contribution is 6.35. The molecule has 0 unspecified atom stereocenters. The Bertz CT molecular complexity index is 1010. The second-order valence-corrected chi connectivity index (χ2v) is 7.48. The lowest BCUT2D eigenvalue weighted by atomic mass is 10.3. The molecule has 3 rings (SSSR count). The van der Waals surface area contributed by atoms with E-state index < -0.39 is 6.36 Å². The van der Waals surface area contributed by atoms with E-state index in [0.717, 1.165) is 37.4 Å². The van der Waals surface area contributed by atoms with Gasteiger partial charge in [0.2, 0.25) is 5.95 Å². The zero-order valence-corrected chi connectivity index (χ0v) is 17.8. The number of benzene rings is 1. The predicted molar refractivity (Wildman–Crippen MR) is 116 cm³/mol. The maximum absolute atomic E-state index is 12.3. The largest absolute Gasteiger partial charge is 0.572 e. The molecule has 0 saturated carbocycles. The third-order valence-corrected chi connectivity index (χ3v) is 5.03. The Morgan fingerprint density at radius 1 is 1.29 bits per heavy atom. The molecule has 1 aromatic heterocycles. The molecule has 1 aliphatic heterocycles. The van der Waals surface area contributed by atoms with Gasteiger partial charge in [-0.3, -0.25) is 0 Å². The standard InChI is InChI=1S/C21H24ClF3N4O2/c1-3-16(7-6-14(2)31-21(23,24)25)30-11-10-29-18-13-15(26)12-17(22)19(18)27-20(29)28-8-4-5-9-28/h3,6-7,12-13H,1,4-5,8-11,26H2,2H3/b14-6+,16-7+. The van der Waals surface area contributed by atoms with E-state index >= 15 is 0 Å². The fourth-order valence-corrected chi connectivity index (χ4v) is 3.68. The first-order valence-electron chi connectivity index (χ1n) is 9.77. The van der Waals surface area contributed by atoms with Gasteiger partial charge in [-0.15, -0.1) is 13.2 Å². The molecule has 1 saturated heterocycles. The summed E-state index contributed by atoms with van der Waals surface area (Å²) in [5.41, 5.74) is 7.97. The quantitative estimate of drug-likeness (QED) is 0.327. The molecule has 0 atom stereocenters. The monoisotopic (exact) mass is 456 g/mol. The van der Waals surface area contributed by atoms with Crippen molar-refractivity contribution in [2.24, 2.45) is 0 Å². The van der Waals surface area contributed by atoms with Crippen LogP contribution in [0.15, 0.2) is 48.5 Å². The van der Waals surface area contributed by atoms with Gasteiger partial charge in [0.1, 0.15) is 23.6 Å². The van der Waals surface area contributed by atoms with Crippen molar-refractivity contribution in [3.8, 4) is 0 Å². The molecule has 2 heterocycles. The van der Waals surface area contributed by atoms with Gasteiger partial charge in [0, 0.05) is 18.8 Å². The van der Waals surface area contributed by atoms with E-state index in [2.05, 4.69) is 16.2 Å². The van der Waals surface area contributed by atoms with Gasteiger partial charge in [0.15, 0.2) is 0 Å². The van der Waals surface area contributed by atoms with Gasteiger partial charge in [0.25, 0.3) is 0 Å². The van der Waals surface area contributed by atoms with Crippen molar-refractivity contribution in [3.63, 3.8) is 0 Å². The predicted octanol–water partition coefficient (Wildman–Crippen LogP) is 5.40. The first-order chi connectivity index (χ1) is 14.7. The Morgan fingerprint density at radius 3 is 2.65 bits per heavy atom. The van der Waals surface area contributed by atoms with Crippen LogP contribution in [0.3, 0.4) is 0 Å². The first kappa shape index (κ1) is 22.9. The topological polar surface area (TPSA) is 65.5 Å². The smallest absolute Gasteiger partial charge is 0.492 e. The second-order valence-electron chi connectivity index (χ2n) is 7.07. The number of hydrogen-bond acceptors (Lipinski definition) is 5. The molecule has 31 heavy (non-hydrogen) atoms. The zero-order valence-electron chi connectivity index (χ0n) is 17.1. The van der Waals surface area contributed by atoms with E-state index in [0.29, 0.717) is 28.5 Å². The van der Waals surface area contributed by atoms with Crippen LogP contribution < -0.4 is 10.6 Å². The lowest BCUT2D eigenvalue weighted by molar-refractivity contribution is -0.305. The number of alkyl halides is 3. The molecule has 0 spiro atoms. The Kier molecular flexibility index (Phi) is 7.04. The molecule has 2 N–H and O–H groups in total. The van der Waals surface area contributed by atoms with Gasteiger partial charge in [-0.05, 0) is 50.1 Å². The highest BCUT2D eigenvalue weighted by Crippen LogP contribution is 2.31. The molecule has 1 aromatic carbocycles. The van der Waals surface area contributed by atoms with Crippen LogP contribution >= 0.6 is 11.6 Å². The number of nitrogens with two attached hydrogens (primary N) is 1. The Morgan fingerprint density at radius 2 is 2.00 bits per heavy atom. The molecular weight excluding hydrogens is 433 g/mol. The van der Waals surface area contributed by atoms with Crippen molar-refractivity contribution in [2.45, 2.75) is 32.7 Å². The molecule has 1 fully saturated rings. The van der Waals surface area contributed by atoms with Crippen molar-refractivity contribution in [1.29, 1.82) is 0 Å². The summed E-state index contributed by atoms with van der Waals surface area (Å²) < 4.78 is 48.3. The third kappa shape index (κ3) is 5.88. The second kappa shape index (κ2) is 9.55. The van der Waals surface area contributed by atoms with Crippen LogP contribution in [0.2, 0.25) is 5.02 Å². The van der Waals surface area contributed by atoms with Crippen LogP contribution in [0.1, 0.15) is 19.8 Å². The van der Waals surface area contributed by atoms with Gasteiger partial charge in [0.05, 0.1) is 17.1 Å². The highest BCUT2D eigenvalue weighted by Gasteiger charge is 2.30. The number of rotatable bonds is 8. The number of fused-ring (bicyclic) bond motifs is 1.